The van der Waals surface area contributed by atoms with Gasteiger partial charge in [-0.25, -0.2) is 0 Å². The van der Waals surface area contributed by atoms with E-state index in [1.54, 1.807) is 14.2 Å². The molecule has 0 radical (unpaired) electrons. The molecule has 0 fully saturated rings. The number of hydrogen-bond acceptors (Lipinski definition) is 3. The first-order chi connectivity index (χ1) is 13.2. The van der Waals surface area contributed by atoms with Gasteiger partial charge in [-0.3, -0.25) is 4.79 Å². The Balaban J connectivity index is 1.44. The van der Waals surface area contributed by atoms with E-state index in [4.69, 9.17) is 9.47 Å². The highest BCUT2D eigenvalue weighted by Gasteiger charge is 2.23. The molecule has 5 heteroatoms. The van der Waals surface area contributed by atoms with Crippen LogP contribution in [-0.4, -0.2) is 36.6 Å². The summed E-state index contributed by atoms with van der Waals surface area (Å²) in [5.41, 5.74) is 4.75. The molecule has 5 nitrogen and oxygen atoms in total. The standard InChI is InChI=1S/C22H24N2O3/c1-26-20-9-7-15(13-21(20)27-2)8-10-22(25)24-12-11-19-17(14-24)16-5-3-4-6-18(16)23-19/h3-7,9,13,23H,8,10-12,14H2,1-2H3. The van der Waals surface area contributed by atoms with Crippen molar-refractivity contribution >= 4 is 16.8 Å². The normalized spacial score (nSPS) is 13.5. The van der Waals surface area contributed by atoms with Crippen molar-refractivity contribution in [2.75, 3.05) is 20.8 Å². The number of hydrogen-bond donors (Lipinski definition) is 1. The first kappa shape index (κ1) is 17.5. The number of methoxy groups -OCH3 is 2. The van der Waals surface area contributed by atoms with E-state index in [9.17, 15) is 4.79 Å². The lowest BCUT2D eigenvalue weighted by molar-refractivity contribution is -0.132. The quantitative estimate of drug-likeness (QED) is 0.751. The molecule has 1 aromatic heterocycles. The number of amides is 1. The molecule has 0 saturated heterocycles. The molecule has 1 aliphatic rings. The zero-order valence-corrected chi connectivity index (χ0v) is 15.7. The summed E-state index contributed by atoms with van der Waals surface area (Å²) in [6, 6.07) is 14.1. The van der Waals surface area contributed by atoms with Gasteiger partial charge in [-0.2, -0.15) is 0 Å². The zero-order valence-electron chi connectivity index (χ0n) is 15.7. The largest absolute Gasteiger partial charge is 0.493 e. The summed E-state index contributed by atoms with van der Waals surface area (Å²) >= 11 is 0. The van der Waals surface area contributed by atoms with Crippen LogP contribution >= 0.6 is 0 Å². The minimum absolute atomic E-state index is 0.195. The minimum atomic E-state index is 0.195. The van der Waals surface area contributed by atoms with Crippen molar-refractivity contribution in [3.8, 4) is 11.5 Å². The van der Waals surface area contributed by atoms with Crippen LogP contribution in [-0.2, 0) is 24.2 Å². The number of para-hydroxylation sites is 1. The number of aryl methyl sites for hydroxylation is 1. The third-order valence-electron chi connectivity index (χ3n) is 5.31. The fourth-order valence-electron chi connectivity index (χ4n) is 3.82. The van der Waals surface area contributed by atoms with Crippen molar-refractivity contribution in [1.82, 2.24) is 9.88 Å². The van der Waals surface area contributed by atoms with E-state index in [2.05, 4.69) is 17.1 Å². The number of carbonyl (C=O) groups is 1. The van der Waals surface area contributed by atoms with E-state index >= 15 is 0 Å². The molecule has 0 saturated carbocycles. The predicted octanol–water partition coefficient (Wildman–Crippen LogP) is 3.70. The van der Waals surface area contributed by atoms with Crippen molar-refractivity contribution in [1.29, 1.82) is 0 Å². The van der Waals surface area contributed by atoms with Gasteiger partial charge < -0.3 is 19.4 Å². The van der Waals surface area contributed by atoms with Gasteiger partial charge in [-0.05, 0) is 30.2 Å². The first-order valence-electron chi connectivity index (χ1n) is 9.26. The Bertz CT molecular complexity index is 977. The van der Waals surface area contributed by atoms with Crippen molar-refractivity contribution in [3.63, 3.8) is 0 Å². The highest BCUT2D eigenvalue weighted by atomic mass is 16.5. The molecule has 1 amide bonds. The number of rotatable bonds is 5. The Kier molecular flexibility index (Phi) is 4.75. The van der Waals surface area contributed by atoms with Gasteiger partial charge in [0.05, 0.1) is 14.2 Å². The highest BCUT2D eigenvalue weighted by Crippen LogP contribution is 2.29. The van der Waals surface area contributed by atoms with E-state index in [1.165, 1.54) is 16.6 Å². The van der Waals surface area contributed by atoms with Crippen molar-refractivity contribution in [2.45, 2.75) is 25.8 Å². The van der Waals surface area contributed by atoms with Gasteiger partial charge in [-0.15, -0.1) is 0 Å². The first-order valence-corrected chi connectivity index (χ1v) is 9.26. The second-order valence-corrected chi connectivity index (χ2v) is 6.88. The zero-order chi connectivity index (χ0) is 18.8. The minimum Gasteiger partial charge on any atom is -0.493 e. The number of aromatic amines is 1. The lowest BCUT2D eigenvalue weighted by Gasteiger charge is -2.27. The Morgan fingerprint density at radius 3 is 2.74 bits per heavy atom. The van der Waals surface area contributed by atoms with Crippen LogP contribution in [0.3, 0.4) is 0 Å². The number of nitrogens with zero attached hydrogens (tertiary/aromatic N) is 1. The average Bonchev–Trinajstić information content (AvgIpc) is 3.09. The Morgan fingerprint density at radius 1 is 1.11 bits per heavy atom. The highest BCUT2D eigenvalue weighted by molar-refractivity contribution is 5.86. The Labute approximate surface area is 158 Å². The van der Waals surface area contributed by atoms with Crippen molar-refractivity contribution in [2.24, 2.45) is 0 Å². The number of nitrogens with one attached hydrogen (secondary N) is 1. The maximum atomic E-state index is 12.8. The smallest absolute Gasteiger partial charge is 0.223 e. The summed E-state index contributed by atoms with van der Waals surface area (Å²) in [5.74, 6) is 1.60. The second-order valence-electron chi connectivity index (χ2n) is 6.88. The molecule has 1 N–H and O–H groups in total. The van der Waals surface area contributed by atoms with E-state index < -0.39 is 0 Å². The van der Waals surface area contributed by atoms with Crippen LogP contribution in [0.1, 0.15) is 23.2 Å². The third kappa shape index (κ3) is 3.37. The molecule has 0 aliphatic carbocycles. The number of aromatic nitrogens is 1. The van der Waals surface area contributed by atoms with Crippen LogP contribution in [0.5, 0.6) is 11.5 Å². The molecule has 3 aromatic rings. The molecule has 2 aromatic carbocycles. The fraction of sp³-hybridized carbons (Fsp3) is 0.318. The summed E-state index contributed by atoms with van der Waals surface area (Å²) in [6.07, 6.45) is 2.07. The van der Waals surface area contributed by atoms with Gasteiger partial charge in [0.15, 0.2) is 11.5 Å². The lowest BCUT2D eigenvalue weighted by atomic mass is 10.0. The summed E-state index contributed by atoms with van der Waals surface area (Å²) < 4.78 is 10.6. The van der Waals surface area contributed by atoms with Crippen LogP contribution in [0.4, 0.5) is 0 Å². The summed E-state index contributed by atoms with van der Waals surface area (Å²) in [7, 11) is 3.25. The SMILES string of the molecule is COc1ccc(CCC(=O)N2CCc3[nH]c4ccccc4c3C2)cc1OC. The summed E-state index contributed by atoms with van der Waals surface area (Å²) in [6.45, 7) is 1.45. The monoisotopic (exact) mass is 364 g/mol. The lowest BCUT2D eigenvalue weighted by Crippen LogP contribution is -2.35. The maximum absolute atomic E-state index is 12.8. The molecular weight excluding hydrogens is 340 g/mol. The Morgan fingerprint density at radius 2 is 1.93 bits per heavy atom. The Hall–Kier alpha value is -2.95. The van der Waals surface area contributed by atoms with Crippen molar-refractivity contribution < 1.29 is 14.3 Å². The molecule has 4 rings (SSSR count). The molecule has 0 bridgehead atoms. The molecule has 2 heterocycles. The number of H-pyrrole nitrogens is 1. The predicted molar refractivity (Wildman–Crippen MR) is 105 cm³/mol. The van der Waals surface area contributed by atoms with Crippen molar-refractivity contribution in [3.05, 3.63) is 59.3 Å². The van der Waals surface area contributed by atoms with Gasteiger partial charge in [0, 0.05) is 48.1 Å². The molecule has 0 spiro atoms. The fourth-order valence-corrected chi connectivity index (χ4v) is 3.82. The van der Waals surface area contributed by atoms with Gasteiger partial charge in [0.1, 0.15) is 0 Å². The maximum Gasteiger partial charge on any atom is 0.223 e. The number of ether oxygens (including phenoxy) is 2. The van der Waals surface area contributed by atoms with Gasteiger partial charge in [-0.1, -0.05) is 24.3 Å². The van der Waals surface area contributed by atoms with Crippen LogP contribution in [0.25, 0.3) is 10.9 Å². The molecule has 27 heavy (non-hydrogen) atoms. The van der Waals surface area contributed by atoms with E-state index in [1.807, 2.05) is 35.2 Å². The van der Waals surface area contributed by atoms with E-state index in [0.717, 1.165) is 24.0 Å². The van der Waals surface area contributed by atoms with E-state index in [0.29, 0.717) is 30.9 Å². The molecular formula is C22H24N2O3. The summed E-state index contributed by atoms with van der Waals surface area (Å²) in [4.78, 5) is 18.2. The van der Waals surface area contributed by atoms with Crippen LogP contribution in [0.2, 0.25) is 0 Å². The molecule has 1 aliphatic heterocycles. The van der Waals surface area contributed by atoms with Crippen LogP contribution in [0, 0.1) is 0 Å². The van der Waals surface area contributed by atoms with Gasteiger partial charge >= 0.3 is 0 Å². The number of carbonyl (C=O) groups excluding carboxylic acids is 1. The molecule has 140 valence electrons. The molecule has 0 atom stereocenters. The van der Waals surface area contributed by atoms with Crippen LogP contribution < -0.4 is 9.47 Å². The topological polar surface area (TPSA) is 54.6 Å². The average molecular weight is 364 g/mol. The summed E-state index contributed by atoms with van der Waals surface area (Å²) in [5, 5.41) is 1.23. The number of fused-ring (bicyclic) bond motifs is 3. The number of benzene rings is 2. The van der Waals surface area contributed by atoms with Gasteiger partial charge in [0.2, 0.25) is 5.91 Å². The van der Waals surface area contributed by atoms with Crippen LogP contribution in [0.15, 0.2) is 42.5 Å². The third-order valence-corrected chi connectivity index (χ3v) is 5.31. The van der Waals surface area contributed by atoms with E-state index in [-0.39, 0.29) is 5.91 Å². The molecule has 0 unspecified atom stereocenters. The second kappa shape index (κ2) is 7.35. The van der Waals surface area contributed by atoms with Gasteiger partial charge in [0.25, 0.3) is 0 Å².